The summed E-state index contributed by atoms with van der Waals surface area (Å²) >= 11 is 5.77. The van der Waals surface area contributed by atoms with E-state index in [0.717, 1.165) is 16.8 Å². The van der Waals surface area contributed by atoms with E-state index in [1.807, 2.05) is 4.98 Å². The van der Waals surface area contributed by atoms with Gasteiger partial charge in [0.25, 0.3) is 5.56 Å². The summed E-state index contributed by atoms with van der Waals surface area (Å²) in [5.41, 5.74) is -4.06. The molecule has 4 N–H and O–H groups in total. The molecule has 1 aliphatic heterocycles. The molecule has 1 aliphatic rings. The Labute approximate surface area is 230 Å². The van der Waals surface area contributed by atoms with Crippen LogP contribution in [0.4, 0.5) is 0 Å². The number of nitrogens with zero attached hydrogens (tertiary/aromatic N) is 1. The number of aromatic amines is 1. The molecule has 1 fully saturated rings. The Hall–Kier alpha value is -2.82. The van der Waals surface area contributed by atoms with Crippen LogP contribution in [-0.4, -0.2) is 62.3 Å². The molecule has 0 radical (unpaired) electrons. The van der Waals surface area contributed by atoms with Gasteiger partial charge in [0.2, 0.25) is 0 Å². The van der Waals surface area contributed by atoms with Crippen LogP contribution in [0, 0.1) is 18.3 Å². The molecule has 3 rings (SSSR count). The number of benzene rings is 1. The molecule has 0 saturated carbocycles. The minimum Gasteiger partial charge on any atom is -0.462 e. The molecule has 2 aromatic rings. The number of aromatic nitrogens is 2. The zero-order chi connectivity index (χ0) is 29.0. The normalized spacial score (nSPS) is 25.5. The quantitative estimate of drug-likeness (QED) is 0.180. The van der Waals surface area contributed by atoms with Gasteiger partial charge in [0.05, 0.1) is 12.7 Å². The number of hydrogen-bond acceptors (Lipinski definition) is 10. The fourth-order valence-electron chi connectivity index (χ4n) is 3.81. The van der Waals surface area contributed by atoms with Crippen LogP contribution in [0.1, 0.15) is 33.9 Å². The molecule has 1 aromatic carbocycles. The van der Waals surface area contributed by atoms with Crippen LogP contribution in [0.5, 0.6) is 5.75 Å². The monoisotopic (exact) mass is 581 g/mol. The van der Waals surface area contributed by atoms with E-state index in [1.54, 1.807) is 58.0 Å². The second kappa shape index (κ2) is 12.6. The number of H-pyrrole nitrogens is 1. The maximum absolute atomic E-state index is 12.9. The van der Waals surface area contributed by atoms with Gasteiger partial charge < -0.3 is 28.7 Å². The van der Waals surface area contributed by atoms with Crippen LogP contribution >= 0.6 is 6.64 Å². The molecule has 39 heavy (non-hydrogen) atoms. The van der Waals surface area contributed by atoms with Crippen molar-refractivity contribution in [2.45, 2.75) is 63.9 Å². The lowest BCUT2D eigenvalue weighted by molar-refractivity contribution is -0.237. The van der Waals surface area contributed by atoms with E-state index < -0.39 is 53.9 Å². The molecule has 2 heterocycles. The van der Waals surface area contributed by atoms with Crippen molar-refractivity contribution in [1.29, 1.82) is 0 Å². The average molecular weight is 582 g/mol. The lowest BCUT2D eigenvalue weighted by atomic mass is 9.89. The van der Waals surface area contributed by atoms with E-state index >= 15 is 0 Å². The van der Waals surface area contributed by atoms with Gasteiger partial charge in [-0.3, -0.25) is 19.1 Å². The number of nitrogens with one attached hydrogen (secondary N) is 2. The van der Waals surface area contributed by atoms with E-state index in [2.05, 4.69) is 11.0 Å². The lowest BCUT2D eigenvalue weighted by Crippen LogP contribution is -2.61. The molecule has 4 unspecified atom stereocenters. The SMILES string of the molecule is C#C[C@@]1(O)C(O)C(OP(=S)(NC(C(=O)OC(C)C)C(C)C)Oc2ccccc2)CO[C@H]1n1ccc(=O)[nH]c1=O. The summed E-state index contributed by atoms with van der Waals surface area (Å²) < 4.78 is 24.0. The van der Waals surface area contributed by atoms with Crippen LogP contribution in [-0.2, 0) is 30.6 Å². The molecular weight excluding hydrogens is 549 g/mol. The first kappa shape index (κ1) is 30.7. The lowest BCUT2D eigenvalue weighted by Gasteiger charge is -2.44. The van der Waals surface area contributed by atoms with Crippen LogP contribution in [0.15, 0.2) is 52.2 Å². The van der Waals surface area contributed by atoms with Crippen LogP contribution < -0.4 is 20.9 Å². The first-order valence-electron chi connectivity index (χ1n) is 12.1. The highest BCUT2D eigenvalue weighted by Gasteiger charge is 2.54. The van der Waals surface area contributed by atoms with Gasteiger partial charge in [-0.05, 0) is 43.7 Å². The van der Waals surface area contributed by atoms with Gasteiger partial charge in [0, 0.05) is 12.3 Å². The smallest absolute Gasteiger partial charge is 0.330 e. The van der Waals surface area contributed by atoms with Crippen LogP contribution in [0.25, 0.3) is 0 Å². The predicted octanol–water partition coefficient (Wildman–Crippen LogP) is 1.05. The Bertz CT molecular complexity index is 1360. The number of aliphatic hydroxyl groups is 2. The third-order valence-corrected chi connectivity index (χ3v) is 8.14. The molecule has 1 saturated heterocycles. The number of hydrogen-bond donors (Lipinski definition) is 4. The van der Waals surface area contributed by atoms with Crippen LogP contribution in [0.2, 0.25) is 0 Å². The Morgan fingerprint density at radius 1 is 1.28 bits per heavy atom. The topological polar surface area (TPSA) is 161 Å². The fourth-order valence-corrected chi connectivity index (χ4v) is 6.57. The number of carbonyl (C=O) groups excluding carboxylic acids is 1. The maximum Gasteiger partial charge on any atom is 0.330 e. The second-order valence-corrected chi connectivity index (χ2v) is 12.6. The molecule has 0 spiro atoms. The van der Waals surface area contributed by atoms with E-state index in [-0.39, 0.29) is 18.6 Å². The van der Waals surface area contributed by atoms with Gasteiger partial charge in [-0.2, -0.15) is 0 Å². The summed E-state index contributed by atoms with van der Waals surface area (Å²) in [7, 11) is 0. The zero-order valence-electron chi connectivity index (χ0n) is 21.8. The number of rotatable bonds is 10. The molecule has 6 atom stereocenters. The van der Waals surface area contributed by atoms with Gasteiger partial charge in [0.1, 0.15) is 24.0 Å². The summed E-state index contributed by atoms with van der Waals surface area (Å²) in [6.07, 6.45) is 1.54. The highest BCUT2D eigenvalue weighted by molar-refractivity contribution is 8.09. The predicted molar refractivity (Wildman–Crippen MR) is 145 cm³/mol. The van der Waals surface area contributed by atoms with Gasteiger partial charge in [-0.1, -0.05) is 38.0 Å². The molecule has 0 aliphatic carbocycles. The first-order valence-corrected chi connectivity index (χ1v) is 14.8. The highest BCUT2D eigenvalue weighted by Crippen LogP contribution is 2.49. The van der Waals surface area contributed by atoms with Crippen molar-refractivity contribution in [3.05, 3.63) is 63.4 Å². The first-order chi connectivity index (χ1) is 18.3. The van der Waals surface area contributed by atoms with E-state index in [1.165, 1.54) is 0 Å². The van der Waals surface area contributed by atoms with E-state index in [9.17, 15) is 24.6 Å². The molecule has 12 nitrogen and oxygen atoms in total. The Morgan fingerprint density at radius 2 is 1.95 bits per heavy atom. The van der Waals surface area contributed by atoms with Crippen molar-refractivity contribution in [2.24, 2.45) is 5.92 Å². The Balaban J connectivity index is 1.95. The minimum atomic E-state index is -3.68. The number of ether oxygens (including phenoxy) is 2. The minimum absolute atomic E-state index is 0.298. The summed E-state index contributed by atoms with van der Waals surface area (Å²) in [5.74, 6) is 1.53. The number of carbonyl (C=O) groups is 1. The van der Waals surface area contributed by atoms with E-state index in [4.69, 9.17) is 36.8 Å². The standard InChI is InChI=1S/C25H32N3O9PS/c1-6-25(33)21(30)18(14-34-23(25)28-13-12-19(29)26-24(28)32)37-38(39,36-17-10-8-7-9-11-17)27-20(15(2)3)22(31)35-16(4)5/h1,7-13,15-16,18,20-21,23,30,33H,14H2,2-5H3,(H,27,39)(H,26,29,32)/t18?,20?,21?,23-,25-,38?/m1/s1. The summed E-state index contributed by atoms with van der Waals surface area (Å²) in [4.78, 5) is 38.7. The van der Waals surface area contributed by atoms with E-state index in [0.29, 0.717) is 5.75 Å². The van der Waals surface area contributed by atoms with Crippen molar-refractivity contribution < 1.29 is 33.5 Å². The number of aliphatic hydroxyl groups excluding tert-OH is 1. The summed E-state index contributed by atoms with van der Waals surface area (Å²) in [6, 6.07) is 8.56. The van der Waals surface area contributed by atoms with Gasteiger partial charge in [0.15, 0.2) is 11.8 Å². The van der Waals surface area contributed by atoms with Crippen molar-refractivity contribution >= 4 is 24.4 Å². The third kappa shape index (κ3) is 7.23. The molecule has 0 amide bonds. The number of terminal acetylenes is 1. The van der Waals surface area contributed by atoms with Crippen LogP contribution in [0.3, 0.4) is 0 Å². The summed E-state index contributed by atoms with van der Waals surface area (Å²) in [6.45, 7) is 2.92. The van der Waals surface area contributed by atoms with Gasteiger partial charge >= 0.3 is 18.3 Å². The molecule has 0 bridgehead atoms. The number of para-hydroxylation sites is 1. The molecule has 14 heteroatoms. The second-order valence-electron chi connectivity index (χ2n) is 9.50. The van der Waals surface area contributed by atoms with Gasteiger partial charge in [-0.25, -0.2) is 9.88 Å². The molecule has 212 valence electrons. The van der Waals surface area contributed by atoms with Crippen molar-refractivity contribution in [3.63, 3.8) is 0 Å². The maximum atomic E-state index is 12.9. The third-order valence-electron chi connectivity index (χ3n) is 5.75. The average Bonchev–Trinajstić information content (AvgIpc) is 2.86. The summed E-state index contributed by atoms with van der Waals surface area (Å²) in [5, 5.41) is 25.4. The highest BCUT2D eigenvalue weighted by atomic mass is 32.5. The fraction of sp³-hybridized carbons (Fsp3) is 0.480. The zero-order valence-corrected chi connectivity index (χ0v) is 23.6. The largest absolute Gasteiger partial charge is 0.462 e. The number of esters is 1. The van der Waals surface area contributed by atoms with Crippen molar-refractivity contribution in [2.75, 3.05) is 6.61 Å². The van der Waals surface area contributed by atoms with Crippen molar-refractivity contribution in [1.82, 2.24) is 14.6 Å². The Morgan fingerprint density at radius 3 is 2.51 bits per heavy atom. The van der Waals surface area contributed by atoms with Gasteiger partial charge in [-0.15, -0.1) is 6.42 Å². The van der Waals surface area contributed by atoms with Crippen molar-refractivity contribution in [3.8, 4) is 18.1 Å². The molecular formula is C25H32N3O9PS. The molecule has 1 aromatic heterocycles. The Kier molecular flexibility index (Phi) is 9.90.